The van der Waals surface area contributed by atoms with Crippen LogP contribution in [0, 0.1) is 0 Å². The smallest absolute Gasteiger partial charge is 0.407 e. The maximum absolute atomic E-state index is 13.2. The Morgan fingerprint density at radius 1 is 0.968 bits per heavy atom. The first-order valence-electron chi connectivity index (χ1n) is 10.4. The fraction of sp³-hybridized carbons (Fsp3) is 0.292. The number of para-hydroxylation sites is 1. The molecule has 1 N–H and O–H groups in total. The van der Waals surface area contributed by atoms with Crippen LogP contribution in [0.5, 0.6) is 0 Å². The summed E-state index contributed by atoms with van der Waals surface area (Å²) in [6, 6.07) is 21.1. The van der Waals surface area contributed by atoms with Gasteiger partial charge in [0.05, 0.1) is 12.6 Å². The van der Waals surface area contributed by atoms with Gasteiger partial charge in [-0.15, -0.1) is 0 Å². The van der Waals surface area contributed by atoms with Gasteiger partial charge in [0, 0.05) is 38.0 Å². The highest BCUT2D eigenvalue weighted by Gasteiger charge is 2.29. The predicted octanol–water partition coefficient (Wildman–Crippen LogP) is 2.85. The van der Waals surface area contributed by atoms with Crippen molar-refractivity contribution in [3.63, 3.8) is 0 Å². The fourth-order valence-electron chi connectivity index (χ4n) is 3.86. The molecule has 7 nitrogen and oxygen atoms in total. The van der Waals surface area contributed by atoms with E-state index < -0.39 is 12.1 Å². The molecule has 0 radical (unpaired) electrons. The van der Waals surface area contributed by atoms with Gasteiger partial charge in [-0.05, 0) is 23.8 Å². The lowest BCUT2D eigenvalue weighted by Crippen LogP contribution is -2.55. The zero-order valence-electron chi connectivity index (χ0n) is 17.5. The monoisotopic (exact) mass is 418 g/mol. The van der Waals surface area contributed by atoms with E-state index >= 15 is 0 Å². The van der Waals surface area contributed by atoms with E-state index in [2.05, 4.69) is 16.3 Å². The molecule has 1 aliphatic heterocycles. The Morgan fingerprint density at radius 2 is 1.68 bits per heavy atom. The van der Waals surface area contributed by atoms with Crippen LogP contribution in [-0.4, -0.2) is 61.2 Å². The van der Waals surface area contributed by atoms with Crippen molar-refractivity contribution in [3.8, 4) is 0 Å². The molecule has 1 atom stereocenters. The molecule has 7 heteroatoms. The van der Waals surface area contributed by atoms with Crippen LogP contribution in [0.1, 0.15) is 5.56 Å². The second-order valence-electron chi connectivity index (χ2n) is 7.55. The number of rotatable bonds is 5. The summed E-state index contributed by atoms with van der Waals surface area (Å²) in [6.45, 7) is 2.52. The summed E-state index contributed by atoms with van der Waals surface area (Å²) in [5.41, 5.74) is 1.94. The number of anilines is 1. The quantitative estimate of drug-likeness (QED) is 0.690. The van der Waals surface area contributed by atoms with Gasteiger partial charge < -0.3 is 19.9 Å². The second-order valence-corrected chi connectivity index (χ2v) is 7.55. The molecule has 0 aliphatic carbocycles. The van der Waals surface area contributed by atoms with Crippen molar-refractivity contribution in [2.45, 2.75) is 12.5 Å². The number of piperazine rings is 1. The summed E-state index contributed by atoms with van der Waals surface area (Å²) in [5, 5.41) is 3.81. The Morgan fingerprint density at radius 3 is 2.42 bits per heavy atom. The van der Waals surface area contributed by atoms with Crippen LogP contribution in [0.25, 0.3) is 10.9 Å². The standard InChI is InChI=1S/C24H26N4O3/c1-31-24(30)26-21(17-18-7-3-2-4-8-18)23(29)28-15-13-27(14-16-28)22-12-11-19-9-5-6-10-20(19)25-22/h2-12,21H,13-17H2,1H3,(H,26,30). The van der Waals surface area contributed by atoms with Crippen LogP contribution in [0.3, 0.4) is 0 Å². The second kappa shape index (κ2) is 9.47. The van der Waals surface area contributed by atoms with Crippen molar-refractivity contribution in [2.24, 2.45) is 0 Å². The van der Waals surface area contributed by atoms with Gasteiger partial charge in [-0.2, -0.15) is 0 Å². The fourth-order valence-corrected chi connectivity index (χ4v) is 3.86. The molecule has 1 fully saturated rings. The van der Waals surface area contributed by atoms with Gasteiger partial charge in [-0.3, -0.25) is 4.79 Å². The predicted molar refractivity (Wildman–Crippen MR) is 120 cm³/mol. The molecule has 2 heterocycles. The first-order chi connectivity index (χ1) is 15.1. The molecule has 31 heavy (non-hydrogen) atoms. The molecule has 1 unspecified atom stereocenters. The lowest BCUT2D eigenvalue weighted by molar-refractivity contribution is -0.133. The third-order valence-electron chi connectivity index (χ3n) is 5.56. The van der Waals surface area contributed by atoms with E-state index in [9.17, 15) is 9.59 Å². The molecule has 0 bridgehead atoms. The number of alkyl carbamates (subject to hydrolysis) is 1. The Kier molecular flexibility index (Phi) is 6.31. The lowest BCUT2D eigenvalue weighted by atomic mass is 10.0. The maximum Gasteiger partial charge on any atom is 0.407 e. The number of aromatic nitrogens is 1. The number of nitrogens with one attached hydrogen (secondary N) is 1. The highest BCUT2D eigenvalue weighted by Crippen LogP contribution is 2.19. The van der Waals surface area contributed by atoms with E-state index in [0.717, 1.165) is 22.3 Å². The van der Waals surface area contributed by atoms with Gasteiger partial charge in [0.25, 0.3) is 0 Å². The van der Waals surface area contributed by atoms with E-state index in [1.807, 2.05) is 60.7 Å². The van der Waals surface area contributed by atoms with E-state index in [-0.39, 0.29) is 5.91 Å². The lowest BCUT2D eigenvalue weighted by Gasteiger charge is -2.37. The van der Waals surface area contributed by atoms with E-state index in [1.165, 1.54) is 7.11 Å². The Bertz CT molecular complexity index is 1050. The van der Waals surface area contributed by atoms with Gasteiger partial charge in [-0.25, -0.2) is 9.78 Å². The molecule has 3 aromatic rings. The number of carbonyl (C=O) groups excluding carboxylic acids is 2. The van der Waals surface area contributed by atoms with Gasteiger partial charge in [0.15, 0.2) is 0 Å². The first-order valence-corrected chi connectivity index (χ1v) is 10.4. The number of carbonyl (C=O) groups is 2. The van der Waals surface area contributed by atoms with Crippen molar-refractivity contribution in [1.29, 1.82) is 0 Å². The molecular formula is C24H26N4O3. The highest BCUT2D eigenvalue weighted by atomic mass is 16.5. The van der Waals surface area contributed by atoms with Crippen LogP contribution in [0.4, 0.5) is 10.6 Å². The van der Waals surface area contributed by atoms with Crippen LogP contribution < -0.4 is 10.2 Å². The van der Waals surface area contributed by atoms with Crippen LogP contribution in [-0.2, 0) is 16.0 Å². The molecule has 2 amide bonds. The number of pyridine rings is 1. The molecule has 0 saturated carbocycles. The number of hydrogen-bond donors (Lipinski definition) is 1. The van der Waals surface area contributed by atoms with Gasteiger partial charge in [0.1, 0.15) is 11.9 Å². The summed E-state index contributed by atoms with van der Waals surface area (Å²) in [7, 11) is 1.30. The minimum atomic E-state index is -0.666. The molecule has 0 spiro atoms. The third-order valence-corrected chi connectivity index (χ3v) is 5.56. The summed E-state index contributed by atoms with van der Waals surface area (Å²) < 4.78 is 4.73. The number of amides is 2. The molecule has 1 saturated heterocycles. The largest absolute Gasteiger partial charge is 0.453 e. The molecule has 1 aromatic heterocycles. The van der Waals surface area contributed by atoms with Gasteiger partial charge in [0.2, 0.25) is 5.91 Å². The van der Waals surface area contributed by atoms with Crippen molar-refractivity contribution in [2.75, 3.05) is 38.2 Å². The summed E-state index contributed by atoms with van der Waals surface area (Å²) >= 11 is 0. The van der Waals surface area contributed by atoms with Crippen molar-refractivity contribution < 1.29 is 14.3 Å². The third kappa shape index (κ3) is 4.94. The molecule has 2 aromatic carbocycles. The van der Waals surface area contributed by atoms with Crippen molar-refractivity contribution in [3.05, 3.63) is 72.3 Å². The van der Waals surface area contributed by atoms with Crippen LogP contribution >= 0.6 is 0 Å². The average molecular weight is 418 g/mol. The van der Waals surface area contributed by atoms with E-state index in [4.69, 9.17) is 9.72 Å². The zero-order chi connectivity index (χ0) is 21.6. The summed E-state index contributed by atoms with van der Waals surface area (Å²) in [4.78, 5) is 33.8. The van der Waals surface area contributed by atoms with E-state index in [1.54, 1.807) is 4.90 Å². The number of ether oxygens (including phenoxy) is 1. The number of fused-ring (bicyclic) bond motifs is 1. The Hall–Kier alpha value is -3.61. The SMILES string of the molecule is COC(=O)NC(Cc1ccccc1)C(=O)N1CCN(c2ccc3ccccc3n2)CC1. The number of nitrogens with zero attached hydrogens (tertiary/aromatic N) is 3. The average Bonchev–Trinajstić information content (AvgIpc) is 2.83. The molecule has 4 rings (SSSR count). The Balaban J connectivity index is 1.42. The van der Waals surface area contributed by atoms with Crippen LogP contribution in [0.2, 0.25) is 0 Å². The van der Waals surface area contributed by atoms with Gasteiger partial charge in [-0.1, -0.05) is 48.5 Å². The first kappa shape index (κ1) is 20.7. The van der Waals surface area contributed by atoms with Crippen molar-refractivity contribution in [1.82, 2.24) is 15.2 Å². The minimum Gasteiger partial charge on any atom is -0.453 e. The van der Waals surface area contributed by atoms with Crippen molar-refractivity contribution >= 4 is 28.7 Å². The normalized spacial score (nSPS) is 14.9. The number of hydrogen-bond acceptors (Lipinski definition) is 5. The number of benzene rings is 2. The Labute approximate surface area is 181 Å². The highest BCUT2D eigenvalue weighted by molar-refractivity contribution is 5.86. The molecule has 1 aliphatic rings. The van der Waals surface area contributed by atoms with Crippen LogP contribution in [0.15, 0.2) is 66.7 Å². The number of methoxy groups -OCH3 is 1. The van der Waals surface area contributed by atoms with E-state index in [0.29, 0.717) is 32.6 Å². The molecule has 160 valence electrons. The molecular weight excluding hydrogens is 392 g/mol. The summed E-state index contributed by atoms with van der Waals surface area (Å²) in [6.07, 6.45) is -0.186. The minimum absolute atomic E-state index is 0.0969. The van der Waals surface area contributed by atoms with Gasteiger partial charge >= 0.3 is 6.09 Å². The zero-order valence-corrected chi connectivity index (χ0v) is 17.5. The maximum atomic E-state index is 13.2. The topological polar surface area (TPSA) is 74.8 Å². The summed E-state index contributed by atoms with van der Waals surface area (Å²) in [5.74, 6) is 0.819.